The quantitative estimate of drug-likeness (QED) is 0.659. The van der Waals surface area contributed by atoms with Crippen LogP contribution in [0.15, 0.2) is 18.2 Å². The molecule has 6 heteroatoms. The van der Waals surface area contributed by atoms with Crippen LogP contribution in [0.1, 0.15) is 19.4 Å². The number of benzene rings is 1. The zero-order valence-electron chi connectivity index (χ0n) is 10.6. The molecular weight excluding hydrogens is 258 g/mol. The molecule has 0 heterocycles. The summed E-state index contributed by atoms with van der Waals surface area (Å²) < 4.78 is 30.6. The lowest BCUT2D eigenvalue weighted by atomic mass is 9.83. The highest BCUT2D eigenvalue weighted by Gasteiger charge is 2.43. The largest absolute Gasteiger partial charge is 0.480 e. The first-order chi connectivity index (χ1) is 8.81. The number of carbonyl (C=O) groups excluding carboxylic acids is 1. The number of carbonyl (C=O) groups is 2. The van der Waals surface area contributed by atoms with E-state index >= 15 is 0 Å². The van der Waals surface area contributed by atoms with Crippen LogP contribution in [-0.4, -0.2) is 23.7 Å². The molecule has 0 aromatic heterocycles. The maximum atomic E-state index is 13.1. The molecule has 0 spiro atoms. The topological polar surface area (TPSA) is 63.6 Å². The van der Waals surface area contributed by atoms with Crippen molar-refractivity contribution in [3.63, 3.8) is 0 Å². The average Bonchev–Trinajstić information content (AvgIpc) is 2.33. The van der Waals surface area contributed by atoms with Crippen molar-refractivity contribution in [1.82, 2.24) is 0 Å². The number of rotatable bonds is 5. The van der Waals surface area contributed by atoms with E-state index in [1.54, 1.807) is 6.92 Å². The molecule has 104 valence electrons. The number of hydrogen-bond acceptors (Lipinski definition) is 3. The Kier molecular flexibility index (Phi) is 4.58. The standard InChI is InChI=1S/C13H14F2O4/c1-3-19-12(18)13(2,11(16)17)7-8-4-5-9(14)10(15)6-8/h4-6H,3,7H2,1-2H3,(H,16,17). The van der Waals surface area contributed by atoms with Gasteiger partial charge in [0.1, 0.15) is 0 Å². The molecule has 1 unspecified atom stereocenters. The fourth-order valence-corrected chi connectivity index (χ4v) is 1.58. The number of carboxylic acid groups (broad SMARTS) is 1. The second-order valence-corrected chi connectivity index (χ2v) is 4.28. The third-order valence-corrected chi connectivity index (χ3v) is 2.74. The second kappa shape index (κ2) is 5.77. The fraction of sp³-hybridized carbons (Fsp3) is 0.385. The van der Waals surface area contributed by atoms with Gasteiger partial charge in [0.2, 0.25) is 0 Å². The minimum atomic E-state index is -1.83. The number of esters is 1. The molecule has 0 fully saturated rings. The summed E-state index contributed by atoms with van der Waals surface area (Å²) in [7, 11) is 0. The van der Waals surface area contributed by atoms with Gasteiger partial charge in [0.25, 0.3) is 0 Å². The van der Waals surface area contributed by atoms with Crippen LogP contribution in [-0.2, 0) is 20.7 Å². The molecule has 0 aliphatic heterocycles. The average molecular weight is 272 g/mol. The van der Waals surface area contributed by atoms with Crippen molar-refractivity contribution in [2.45, 2.75) is 20.3 Å². The molecule has 0 amide bonds. The normalized spacial score (nSPS) is 13.7. The summed E-state index contributed by atoms with van der Waals surface area (Å²) in [5.74, 6) is -4.41. The summed E-state index contributed by atoms with van der Waals surface area (Å²) in [5, 5.41) is 9.15. The van der Waals surface area contributed by atoms with E-state index in [1.807, 2.05) is 0 Å². The van der Waals surface area contributed by atoms with Gasteiger partial charge in [-0.3, -0.25) is 9.59 Å². The molecular formula is C13H14F2O4. The van der Waals surface area contributed by atoms with Crippen LogP contribution in [0.4, 0.5) is 8.78 Å². The first kappa shape index (κ1) is 15.1. The van der Waals surface area contributed by atoms with E-state index in [9.17, 15) is 18.4 Å². The Hall–Kier alpha value is -1.98. The first-order valence-electron chi connectivity index (χ1n) is 5.65. The van der Waals surface area contributed by atoms with E-state index in [1.165, 1.54) is 13.0 Å². The van der Waals surface area contributed by atoms with Crippen LogP contribution in [0, 0.1) is 17.0 Å². The number of ether oxygens (including phenoxy) is 1. The van der Waals surface area contributed by atoms with Crippen molar-refractivity contribution < 1.29 is 28.2 Å². The van der Waals surface area contributed by atoms with Gasteiger partial charge in [0.15, 0.2) is 17.0 Å². The predicted octanol–water partition coefficient (Wildman–Crippen LogP) is 2.16. The van der Waals surface area contributed by atoms with Crippen molar-refractivity contribution >= 4 is 11.9 Å². The molecule has 0 aliphatic carbocycles. The van der Waals surface area contributed by atoms with Crippen LogP contribution in [0.3, 0.4) is 0 Å². The van der Waals surface area contributed by atoms with Crippen molar-refractivity contribution in [3.05, 3.63) is 35.4 Å². The molecule has 1 N–H and O–H groups in total. The predicted molar refractivity (Wildman–Crippen MR) is 62.4 cm³/mol. The second-order valence-electron chi connectivity index (χ2n) is 4.28. The summed E-state index contributed by atoms with van der Waals surface area (Å²) in [6.07, 6.45) is -0.279. The monoisotopic (exact) mass is 272 g/mol. The minimum absolute atomic E-state index is 0.0412. The van der Waals surface area contributed by atoms with E-state index in [0.717, 1.165) is 12.1 Å². The lowest BCUT2D eigenvalue weighted by Gasteiger charge is -2.22. The van der Waals surface area contributed by atoms with Crippen molar-refractivity contribution in [2.75, 3.05) is 6.61 Å². The van der Waals surface area contributed by atoms with Gasteiger partial charge in [-0.2, -0.15) is 0 Å². The first-order valence-corrected chi connectivity index (χ1v) is 5.65. The van der Waals surface area contributed by atoms with Gasteiger partial charge in [0, 0.05) is 0 Å². The Labute approximate surface area is 109 Å². The van der Waals surface area contributed by atoms with Gasteiger partial charge in [-0.05, 0) is 38.0 Å². The molecule has 1 rings (SSSR count). The Morgan fingerprint density at radius 2 is 1.95 bits per heavy atom. The third kappa shape index (κ3) is 3.27. The lowest BCUT2D eigenvalue weighted by Crippen LogP contribution is -2.40. The lowest BCUT2D eigenvalue weighted by molar-refractivity contribution is -0.167. The summed E-state index contributed by atoms with van der Waals surface area (Å²) in [4.78, 5) is 22.9. The Morgan fingerprint density at radius 1 is 1.32 bits per heavy atom. The van der Waals surface area contributed by atoms with Crippen LogP contribution in [0.5, 0.6) is 0 Å². The fourth-order valence-electron chi connectivity index (χ4n) is 1.58. The van der Waals surface area contributed by atoms with E-state index in [4.69, 9.17) is 9.84 Å². The third-order valence-electron chi connectivity index (χ3n) is 2.74. The summed E-state index contributed by atoms with van der Waals surface area (Å²) in [6.45, 7) is 2.78. The Balaban J connectivity index is 3.04. The summed E-state index contributed by atoms with van der Waals surface area (Å²) in [6, 6.07) is 2.99. The van der Waals surface area contributed by atoms with Crippen molar-refractivity contribution in [2.24, 2.45) is 5.41 Å². The molecule has 1 aromatic carbocycles. The summed E-state index contributed by atoms with van der Waals surface area (Å²) >= 11 is 0. The number of carboxylic acids is 1. The van der Waals surface area contributed by atoms with Crippen molar-refractivity contribution in [1.29, 1.82) is 0 Å². The minimum Gasteiger partial charge on any atom is -0.480 e. The zero-order chi connectivity index (χ0) is 14.6. The van der Waals surface area contributed by atoms with E-state index < -0.39 is 29.0 Å². The number of hydrogen-bond donors (Lipinski definition) is 1. The highest BCUT2D eigenvalue weighted by molar-refractivity contribution is 5.99. The van der Waals surface area contributed by atoms with Crippen LogP contribution < -0.4 is 0 Å². The van der Waals surface area contributed by atoms with E-state index in [0.29, 0.717) is 0 Å². The smallest absolute Gasteiger partial charge is 0.323 e. The highest BCUT2D eigenvalue weighted by atomic mass is 19.2. The molecule has 0 aliphatic rings. The van der Waals surface area contributed by atoms with Gasteiger partial charge < -0.3 is 9.84 Å². The Morgan fingerprint density at radius 3 is 2.42 bits per heavy atom. The summed E-state index contributed by atoms with van der Waals surface area (Å²) in [5.41, 5.74) is -1.63. The van der Waals surface area contributed by atoms with Gasteiger partial charge in [0.05, 0.1) is 6.61 Å². The zero-order valence-corrected chi connectivity index (χ0v) is 10.6. The SMILES string of the molecule is CCOC(=O)C(C)(Cc1ccc(F)c(F)c1)C(=O)O. The highest BCUT2D eigenvalue weighted by Crippen LogP contribution is 2.26. The Bertz CT molecular complexity index is 501. The van der Waals surface area contributed by atoms with Gasteiger partial charge >= 0.3 is 11.9 Å². The van der Waals surface area contributed by atoms with Crippen LogP contribution in [0.25, 0.3) is 0 Å². The molecule has 0 radical (unpaired) electrons. The van der Waals surface area contributed by atoms with Crippen molar-refractivity contribution in [3.8, 4) is 0 Å². The van der Waals surface area contributed by atoms with Gasteiger partial charge in [-0.15, -0.1) is 0 Å². The van der Waals surface area contributed by atoms with Gasteiger partial charge in [-0.1, -0.05) is 6.07 Å². The maximum absolute atomic E-state index is 13.1. The molecule has 0 bridgehead atoms. The molecule has 1 aromatic rings. The van der Waals surface area contributed by atoms with E-state index in [2.05, 4.69) is 0 Å². The molecule has 1 atom stereocenters. The molecule has 0 saturated heterocycles. The van der Waals surface area contributed by atoms with Crippen LogP contribution >= 0.6 is 0 Å². The number of halogens is 2. The van der Waals surface area contributed by atoms with Gasteiger partial charge in [-0.25, -0.2) is 8.78 Å². The number of aliphatic carboxylic acids is 1. The molecule has 0 saturated carbocycles. The van der Waals surface area contributed by atoms with E-state index in [-0.39, 0.29) is 18.6 Å². The van der Waals surface area contributed by atoms with Crippen LogP contribution in [0.2, 0.25) is 0 Å². The molecule has 19 heavy (non-hydrogen) atoms. The molecule has 4 nitrogen and oxygen atoms in total. The maximum Gasteiger partial charge on any atom is 0.323 e.